The third-order valence-corrected chi connectivity index (χ3v) is 2.76. The van der Waals surface area contributed by atoms with Gasteiger partial charge in [0.25, 0.3) is 0 Å². The van der Waals surface area contributed by atoms with Gasteiger partial charge in [-0.3, -0.25) is 0 Å². The normalized spacial score (nSPS) is 11.1. The number of methoxy groups -OCH3 is 1. The van der Waals surface area contributed by atoms with Crippen LogP contribution in [0, 0.1) is 0 Å². The maximum Gasteiger partial charge on any atom is 0.316 e. The number of carbonyl (C=O) groups is 1. The molecule has 2 amide bonds. The predicted octanol–water partition coefficient (Wildman–Crippen LogP) is 2.40. The van der Waals surface area contributed by atoms with Crippen LogP contribution in [-0.4, -0.2) is 25.3 Å². The molecular formula is C13H21N3O2. The molecule has 1 aromatic carbocycles. The molecule has 0 unspecified atom stereocenters. The molecule has 0 spiro atoms. The van der Waals surface area contributed by atoms with Crippen molar-refractivity contribution >= 4 is 17.4 Å². The van der Waals surface area contributed by atoms with E-state index in [1.54, 1.807) is 19.2 Å². The second-order valence-electron chi connectivity index (χ2n) is 4.71. The van der Waals surface area contributed by atoms with Crippen LogP contribution in [0.5, 0.6) is 0 Å². The first kappa shape index (κ1) is 14.3. The van der Waals surface area contributed by atoms with Crippen molar-refractivity contribution in [1.82, 2.24) is 0 Å². The average Bonchev–Trinajstić information content (AvgIpc) is 2.30. The van der Waals surface area contributed by atoms with Crippen LogP contribution in [-0.2, 0) is 4.74 Å². The van der Waals surface area contributed by atoms with Crippen LogP contribution in [0.2, 0.25) is 0 Å². The predicted molar refractivity (Wildman–Crippen MR) is 73.8 cm³/mol. The molecule has 5 heteroatoms. The largest absolute Gasteiger partial charge is 0.385 e. The van der Waals surface area contributed by atoms with Gasteiger partial charge in [-0.05, 0) is 44.5 Å². The number of primary amides is 1. The maximum absolute atomic E-state index is 10.7. The number of rotatable bonds is 6. The van der Waals surface area contributed by atoms with E-state index in [4.69, 9.17) is 10.5 Å². The summed E-state index contributed by atoms with van der Waals surface area (Å²) in [5.41, 5.74) is 6.58. The zero-order valence-electron chi connectivity index (χ0n) is 11.1. The minimum absolute atomic E-state index is 0.125. The Hall–Kier alpha value is -1.75. The summed E-state index contributed by atoms with van der Waals surface area (Å²) in [6, 6.07) is 6.83. The molecule has 4 N–H and O–H groups in total. The number of carbonyl (C=O) groups excluding carboxylic acids is 1. The van der Waals surface area contributed by atoms with Crippen LogP contribution in [0.25, 0.3) is 0 Å². The van der Waals surface area contributed by atoms with Crippen molar-refractivity contribution < 1.29 is 9.53 Å². The van der Waals surface area contributed by atoms with Gasteiger partial charge >= 0.3 is 6.03 Å². The molecule has 5 nitrogen and oxygen atoms in total. The number of nitrogens with one attached hydrogen (secondary N) is 2. The first-order valence-corrected chi connectivity index (χ1v) is 5.88. The molecule has 0 heterocycles. The highest BCUT2D eigenvalue weighted by atomic mass is 16.5. The van der Waals surface area contributed by atoms with Crippen LogP contribution in [0.3, 0.4) is 0 Å². The summed E-state index contributed by atoms with van der Waals surface area (Å²) < 4.78 is 5.34. The topological polar surface area (TPSA) is 76.4 Å². The summed E-state index contributed by atoms with van der Waals surface area (Å²) >= 11 is 0. The number of hydrogen-bond donors (Lipinski definition) is 3. The first-order valence-electron chi connectivity index (χ1n) is 5.88. The van der Waals surface area contributed by atoms with Crippen molar-refractivity contribution in [3.05, 3.63) is 24.3 Å². The Kier molecular flexibility index (Phi) is 4.97. The molecule has 18 heavy (non-hydrogen) atoms. The lowest BCUT2D eigenvalue weighted by Crippen LogP contribution is -2.25. The highest BCUT2D eigenvalue weighted by molar-refractivity contribution is 5.87. The van der Waals surface area contributed by atoms with Gasteiger partial charge in [0.2, 0.25) is 0 Å². The number of ether oxygens (including phenoxy) is 1. The number of anilines is 2. The first-order chi connectivity index (χ1) is 8.43. The number of amides is 2. The van der Waals surface area contributed by atoms with Gasteiger partial charge in [0, 0.05) is 25.0 Å². The molecular weight excluding hydrogens is 230 g/mol. The summed E-state index contributed by atoms with van der Waals surface area (Å²) in [5.74, 6) is 0. The molecule has 0 bridgehead atoms. The van der Waals surface area contributed by atoms with E-state index >= 15 is 0 Å². The number of nitrogens with two attached hydrogens (primary N) is 1. The number of benzene rings is 1. The van der Waals surface area contributed by atoms with E-state index in [1.165, 1.54) is 0 Å². The minimum Gasteiger partial charge on any atom is -0.385 e. The molecule has 0 aliphatic rings. The lowest BCUT2D eigenvalue weighted by atomic mass is 10.1. The van der Waals surface area contributed by atoms with E-state index in [9.17, 15) is 4.79 Å². The van der Waals surface area contributed by atoms with Gasteiger partial charge < -0.3 is 21.1 Å². The molecule has 0 aliphatic heterocycles. The summed E-state index contributed by atoms with van der Waals surface area (Å²) in [5, 5.41) is 5.80. The zero-order valence-corrected chi connectivity index (χ0v) is 11.1. The molecule has 0 saturated heterocycles. The van der Waals surface area contributed by atoms with E-state index in [2.05, 4.69) is 24.5 Å². The summed E-state index contributed by atoms with van der Waals surface area (Å²) in [6.07, 6.45) is 0.908. The van der Waals surface area contributed by atoms with Crippen molar-refractivity contribution in [3.8, 4) is 0 Å². The van der Waals surface area contributed by atoms with Gasteiger partial charge in [0.1, 0.15) is 0 Å². The maximum atomic E-state index is 10.7. The fraction of sp³-hybridized carbons (Fsp3) is 0.462. The highest BCUT2D eigenvalue weighted by Crippen LogP contribution is 2.16. The summed E-state index contributed by atoms with van der Waals surface area (Å²) in [4.78, 5) is 10.7. The van der Waals surface area contributed by atoms with Crippen molar-refractivity contribution in [1.29, 1.82) is 0 Å². The average molecular weight is 251 g/mol. The smallest absolute Gasteiger partial charge is 0.316 e. The van der Waals surface area contributed by atoms with E-state index in [1.807, 2.05) is 12.1 Å². The van der Waals surface area contributed by atoms with E-state index in [-0.39, 0.29) is 5.60 Å². The Morgan fingerprint density at radius 3 is 2.33 bits per heavy atom. The molecule has 0 aromatic heterocycles. The lowest BCUT2D eigenvalue weighted by Gasteiger charge is -2.23. The van der Waals surface area contributed by atoms with Gasteiger partial charge in [0.05, 0.1) is 5.60 Å². The molecule has 0 aliphatic carbocycles. The van der Waals surface area contributed by atoms with Gasteiger partial charge in [-0.25, -0.2) is 4.79 Å². The monoisotopic (exact) mass is 251 g/mol. The van der Waals surface area contributed by atoms with E-state index in [0.717, 1.165) is 18.7 Å². The number of urea groups is 1. The van der Waals surface area contributed by atoms with Crippen molar-refractivity contribution in [2.45, 2.75) is 25.9 Å². The highest BCUT2D eigenvalue weighted by Gasteiger charge is 2.14. The van der Waals surface area contributed by atoms with E-state index in [0.29, 0.717) is 5.69 Å². The second-order valence-corrected chi connectivity index (χ2v) is 4.71. The van der Waals surface area contributed by atoms with Crippen LogP contribution in [0.4, 0.5) is 16.2 Å². The zero-order chi connectivity index (χ0) is 13.6. The van der Waals surface area contributed by atoms with Gasteiger partial charge in [0.15, 0.2) is 0 Å². The molecule has 0 atom stereocenters. The van der Waals surface area contributed by atoms with Crippen LogP contribution < -0.4 is 16.4 Å². The molecule has 0 saturated carbocycles. The Balaban J connectivity index is 2.42. The Bertz CT molecular complexity index is 388. The minimum atomic E-state index is -0.558. The SMILES string of the molecule is COC(C)(C)CCNc1ccc(NC(N)=O)cc1. The van der Waals surface area contributed by atoms with Crippen LogP contribution >= 0.6 is 0 Å². The third kappa shape index (κ3) is 5.05. The molecule has 0 fully saturated rings. The molecule has 1 rings (SSSR count). The second kappa shape index (κ2) is 6.26. The van der Waals surface area contributed by atoms with E-state index < -0.39 is 6.03 Å². The molecule has 0 radical (unpaired) electrons. The van der Waals surface area contributed by atoms with Crippen molar-refractivity contribution in [3.63, 3.8) is 0 Å². The lowest BCUT2D eigenvalue weighted by molar-refractivity contribution is 0.0185. The molecule has 1 aromatic rings. The Morgan fingerprint density at radius 1 is 1.28 bits per heavy atom. The standard InChI is InChI=1S/C13H21N3O2/c1-13(2,18-3)8-9-15-10-4-6-11(7-5-10)16-12(14)17/h4-7,15H,8-9H2,1-3H3,(H3,14,16,17). The fourth-order valence-corrected chi connectivity index (χ4v) is 1.42. The van der Waals surface area contributed by atoms with Gasteiger partial charge in [-0.1, -0.05) is 0 Å². The van der Waals surface area contributed by atoms with Crippen molar-refractivity contribution in [2.75, 3.05) is 24.3 Å². The number of hydrogen-bond acceptors (Lipinski definition) is 3. The Labute approximate surface area is 108 Å². The van der Waals surface area contributed by atoms with Gasteiger partial charge in [-0.2, -0.15) is 0 Å². The summed E-state index contributed by atoms with van der Waals surface area (Å²) in [6.45, 7) is 4.92. The van der Waals surface area contributed by atoms with Crippen molar-refractivity contribution in [2.24, 2.45) is 5.73 Å². The van der Waals surface area contributed by atoms with Crippen LogP contribution in [0.1, 0.15) is 20.3 Å². The fourth-order valence-electron chi connectivity index (χ4n) is 1.42. The van der Waals surface area contributed by atoms with Gasteiger partial charge in [-0.15, -0.1) is 0 Å². The molecule has 100 valence electrons. The summed E-state index contributed by atoms with van der Waals surface area (Å²) in [7, 11) is 1.71. The third-order valence-electron chi connectivity index (χ3n) is 2.76. The quantitative estimate of drug-likeness (QED) is 0.726. The Morgan fingerprint density at radius 2 is 1.83 bits per heavy atom. The van der Waals surface area contributed by atoms with Crippen LogP contribution in [0.15, 0.2) is 24.3 Å².